The standard InChI is InChI=1S/C17H23N3O4S/c1-13-17(14(2)24-18-13)25(21,22)20-10-8-19(9-11-20)12-15-6-4-5-7-16(15)23-3/h4-7H,8-12H2,1-3H3. The average molecular weight is 365 g/mol. The van der Waals surface area contributed by atoms with E-state index < -0.39 is 10.0 Å². The maximum Gasteiger partial charge on any atom is 0.248 e. The van der Waals surface area contributed by atoms with Crippen molar-refractivity contribution in [2.75, 3.05) is 33.3 Å². The van der Waals surface area contributed by atoms with Crippen molar-refractivity contribution in [3.63, 3.8) is 0 Å². The maximum absolute atomic E-state index is 12.8. The molecule has 0 unspecified atom stereocenters. The molecule has 0 saturated carbocycles. The van der Waals surface area contributed by atoms with Crippen LogP contribution >= 0.6 is 0 Å². The number of aryl methyl sites for hydroxylation is 2. The van der Waals surface area contributed by atoms with Crippen molar-refractivity contribution < 1.29 is 17.7 Å². The molecule has 2 heterocycles. The molecule has 0 spiro atoms. The normalized spacial score (nSPS) is 16.9. The van der Waals surface area contributed by atoms with Crippen LogP contribution in [0.15, 0.2) is 33.7 Å². The molecular weight excluding hydrogens is 342 g/mol. The van der Waals surface area contributed by atoms with Crippen LogP contribution < -0.4 is 4.74 Å². The zero-order chi connectivity index (χ0) is 18.0. The largest absolute Gasteiger partial charge is 0.496 e. The Morgan fingerprint density at radius 1 is 1.16 bits per heavy atom. The fourth-order valence-corrected chi connectivity index (χ4v) is 4.89. The summed E-state index contributed by atoms with van der Waals surface area (Å²) in [6.45, 7) is 6.25. The molecule has 0 N–H and O–H groups in total. The molecule has 0 bridgehead atoms. The Labute approximate surface area is 148 Å². The summed E-state index contributed by atoms with van der Waals surface area (Å²) >= 11 is 0. The lowest BCUT2D eigenvalue weighted by Gasteiger charge is -2.34. The summed E-state index contributed by atoms with van der Waals surface area (Å²) in [4.78, 5) is 2.43. The molecule has 2 aromatic rings. The summed E-state index contributed by atoms with van der Waals surface area (Å²) in [5.41, 5.74) is 1.51. The first kappa shape index (κ1) is 17.9. The molecule has 8 heteroatoms. The first-order chi connectivity index (χ1) is 11.9. The van der Waals surface area contributed by atoms with E-state index in [9.17, 15) is 8.42 Å². The second-order valence-electron chi connectivity index (χ2n) is 6.15. The second kappa shape index (κ2) is 7.15. The van der Waals surface area contributed by atoms with Gasteiger partial charge < -0.3 is 9.26 Å². The lowest BCUT2D eigenvalue weighted by molar-refractivity contribution is 0.180. The second-order valence-corrected chi connectivity index (χ2v) is 8.02. The summed E-state index contributed by atoms with van der Waals surface area (Å²) in [5, 5.41) is 3.76. The minimum atomic E-state index is -3.56. The number of benzene rings is 1. The zero-order valence-electron chi connectivity index (χ0n) is 14.7. The van der Waals surface area contributed by atoms with Gasteiger partial charge in [0.2, 0.25) is 10.0 Å². The molecule has 1 fully saturated rings. The lowest BCUT2D eigenvalue weighted by atomic mass is 10.2. The van der Waals surface area contributed by atoms with Crippen LogP contribution in [-0.2, 0) is 16.6 Å². The summed E-state index contributed by atoms with van der Waals surface area (Å²) in [6.07, 6.45) is 0. The molecule has 0 aliphatic carbocycles. The number of rotatable bonds is 5. The van der Waals surface area contributed by atoms with Gasteiger partial charge in [0, 0.05) is 38.3 Å². The molecule has 136 valence electrons. The first-order valence-electron chi connectivity index (χ1n) is 8.20. The molecule has 1 aliphatic heterocycles. The van der Waals surface area contributed by atoms with Crippen LogP contribution in [0.25, 0.3) is 0 Å². The number of sulfonamides is 1. The number of aromatic nitrogens is 1. The molecule has 1 saturated heterocycles. The van der Waals surface area contributed by atoms with E-state index in [1.807, 2.05) is 24.3 Å². The lowest BCUT2D eigenvalue weighted by Crippen LogP contribution is -2.48. The molecule has 7 nitrogen and oxygen atoms in total. The van der Waals surface area contributed by atoms with E-state index >= 15 is 0 Å². The fourth-order valence-electron chi connectivity index (χ4n) is 3.17. The van der Waals surface area contributed by atoms with Gasteiger partial charge in [-0.15, -0.1) is 0 Å². The molecule has 1 aliphatic rings. The molecule has 0 atom stereocenters. The van der Waals surface area contributed by atoms with E-state index in [4.69, 9.17) is 9.26 Å². The predicted octanol–water partition coefficient (Wildman–Crippen LogP) is 1.81. The van der Waals surface area contributed by atoms with Gasteiger partial charge >= 0.3 is 0 Å². The Hall–Kier alpha value is -1.90. The van der Waals surface area contributed by atoms with E-state index in [-0.39, 0.29) is 4.90 Å². The molecule has 25 heavy (non-hydrogen) atoms. The minimum Gasteiger partial charge on any atom is -0.496 e. The van der Waals surface area contributed by atoms with Gasteiger partial charge in [-0.3, -0.25) is 4.90 Å². The Morgan fingerprint density at radius 3 is 2.44 bits per heavy atom. The summed E-state index contributed by atoms with van der Waals surface area (Å²) in [7, 11) is -1.90. The highest BCUT2D eigenvalue weighted by Crippen LogP contribution is 2.25. The van der Waals surface area contributed by atoms with Gasteiger partial charge in [0.1, 0.15) is 16.3 Å². The van der Waals surface area contributed by atoms with Crippen molar-refractivity contribution in [2.24, 2.45) is 0 Å². The van der Waals surface area contributed by atoms with E-state index in [2.05, 4.69) is 10.1 Å². The predicted molar refractivity (Wildman–Crippen MR) is 93.0 cm³/mol. The van der Waals surface area contributed by atoms with Gasteiger partial charge in [-0.25, -0.2) is 8.42 Å². The van der Waals surface area contributed by atoms with E-state index in [1.54, 1.807) is 21.0 Å². The van der Waals surface area contributed by atoms with Gasteiger partial charge in [0.05, 0.1) is 7.11 Å². The highest BCUT2D eigenvalue weighted by Gasteiger charge is 2.33. The smallest absolute Gasteiger partial charge is 0.248 e. The maximum atomic E-state index is 12.8. The molecule has 0 radical (unpaired) electrons. The fraction of sp³-hybridized carbons (Fsp3) is 0.471. The van der Waals surface area contributed by atoms with Crippen LogP contribution in [0.5, 0.6) is 5.75 Å². The van der Waals surface area contributed by atoms with E-state index in [0.717, 1.165) is 17.9 Å². The Bertz CT molecular complexity index is 820. The van der Waals surface area contributed by atoms with E-state index in [1.165, 1.54) is 4.31 Å². The minimum absolute atomic E-state index is 0.200. The SMILES string of the molecule is COc1ccccc1CN1CCN(S(=O)(=O)c2c(C)noc2C)CC1. The third-order valence-corrected chi connectivity index (χ3v) is 6.63. The van der Waals surface area contributed by atoms with Crippen LogP contribution in [0.4, 0.5) is 0 Å². The van der Waals surface area contributed by atoms with Gasteiger partial charge in [-0.1, -0.05) is 23.4 Å². The third kappa shape index (κ3) is 3.56. The quantitative estimate of drug-likeness (QED) is 0.804. The Balaban J connectivity index is 1.68. The van der Waals surface area contributed by atoms with Crippen LogP contribution in [0.1, 0.15) is 17.0 Å². The number of para-hydroxylation sites is 1. The third-order valence-electron chi connectivity index (χ3n) is 4.48. The Kier molecular flexibility index (Phi) is 5.12. The molecule has 3 rings (SSSR count). The number of piperazine rings is 1. The summed E-state index contributed by atoms with van der Waals surface area (Å²) in [6, 6.07) is 7.89. The highest BCUT2D eigenvalue weighted by molar-refractivity contribution is 7.89. The van der Waals surface area contributed by atoms with Gasteiger partial charge in [-0.05, 0) is 19.9 Å². The molecular formula is C17H23N3O4S. The summed E-state index contributed by atoms with van der Waals surface area (Å²) < 4.78 is 37.6. The number of nitrogens with zero attached hydrogens (tertiary/aromatic N) is 3. The van der Waals surface area contributed by atoms with Crippen LogP contribution in [0, 0.1) is 13.8 Å². The highest BCUT2D eigenvalue weighted by atomic mass is 32.2. The van der Waals surface area contributed by atoms with E-state index in [0.29, 0.717) is 37.6 Å². The van der Waals surface area contributed by atoms with Crippen molar-refractivity contribution in [2.45, 2.75) is 25.3 Å². The molecule has 1 aromatic heterocycles. The Morgan fingerprint density at radius 2 is 1.84 bits per heavy atom. The zero-order valence-corrected chi connectivity index (χ0v) is 15.5. The topological polar surface area (TPSA) is 75.9 Å². The van der Waals surface area contributed by atoms with Crippen molar-refractivity contribution in [1.82, 2.24) is 14.4 Å². The average Bonchev–Trinajstić information content (AvgIpc) is 2.95. The van der Waals surface area contributed by atoms with Crippen molar-refractivity contribution in [3.8, 4) is 5.75 Å². The van der Waals surface area contributed by atoms with Gasteiger partial charge in [0.25, 0.3) is 0 Å². The summed E-state index contributed by atoms with van der Waals surface area (Å²) in [5.74, 6) is 1.20. The number of hydrogen-bond donors (Lipinski definition) is 0. The number of hydrogen-bond acceptors (Lipinski definition) is 6. The monoisotopic (exact) mass is 365 g/mol. The van der Waals surface area contributed by atoms with Gasteiger partial charge in [0.15, 0.2) is 5.76 Å². The van der Waals surface area contributed by atoms with Gasteiger partial charge in [-0.2, -0.15) is 4.31 Å². The van der Waals surface area contributed by atoms with Crippen molar-refractivity contribution in [3.05, 3.63) is 41.3 Å². The first-order valence-corrected chi connectivity index (χ1v) is 9.64. The van der Waals surface area contributed by atoms with Crippen molar-refractivity contribution in [1.29, 1.82) is 0 Å². The molecule has 1 aromatic carbocycles. The number of ether oxygens (including phenoxy) is 1. The van der Waals surface area contributed by atoms with Crippen LogP contribution in [-0.4, -0.2) is 56.1 Å². The van der Waals surface area contributed by atoms with Crippen molar-refractivity contribution >= 4 is 10.0 Å². The van der Waals surface area contributed by atoms with Crippen LogP contribution in [0.3, 0.4) is 0 Å². The molecule has 0 amide bonds. The van der Waals surface area contributed by atoms with Crippen LogP contribution in [0.2, 0.25) is 0 Å². The number of methoxy groups -OCH3 is 1.